The molecule has 0 fully saturated rings. The molecule has 1 nitrogen and oxygen atoms in total. The molecule has 0 aliphatic heterocycles. The lowest BCUT2D eigenvalue weighted by molar-refractivity contribution is 0.102. The zero-order chi connectivity index (χ0) is 14.8. The molecule has 1 aliphatic rings. The molecule has 0 saturated heterocycles. The molecule has 2 aromatic rings. The molecule has 0 N–H and O–H groups in total. The summed E-state index contributed by atoms with van der Waals surface area (Å²) in [6, 6.07) is 9.21. The van der Waals surface area contributed by atoms with E-state index >= 15 is 0 Å². The third-order valence-corrected chi connectivity index (χ3v) is 4.72. The second-order valence-electron chi connectivity index (χ2n) is 5.12. The van der Waals surface area contributed by atoms with Crippen molar-refractivity contribution in [2.45, 2.75) is 24.2 Å². The van der Waals surface area contributed by atoms with E-state index in [9.17, 15) is 13.6 Å². The molecular weight excluding hydrogens is 290 g/mol. The van der Waals surface area contributed by atoms with Gasteiger partial charge in [0.05, 0.1) is 5.75 Å². The average Bonchev–Trinajstić information content (AvgIpc) is 2.93. The Labute approximate surface area is 126 Å². The molecule has 0 atom stereocenters. The third-order valence-electron chi connectivity index (χ3n) is 3.67. The Morgan fingerprint density at radius 2 is 1.86 bits per heavy atom. The van der Waals surface area contributed by atoms with Gasteiger partial charge >= 0.3 is 0 Å². The van der Waals surface area contributed by atoms with Crippen molar-refractivity contribution in [2.75, 3.05) is 5.75 Å². The minimum Gasteiger partial charge on any atom is -0.293 e. The summed E-state index contributed by atoms with van der Waals surface area (Å²) in [7, 11) is 0. The number of hydrogen-bond acceptors (Lipinski definition) is 2. The highest BCUT2D eigenvalue weighted by Crippen LogP contribution is 2.26. The first-order valence-electron chi connectivity index (χ1n) is 6.86. The quantitative estimate of drug-likeness (QED) is 0.614. The van der Waals surface area contributed by atoms with Crippen molar-refractivity contribution < 1.29 is 13.6 Å². The highest BCUT2D eigenvalue weighted by molar-refractivity contribution is 8.00. The van der Waals surface area contributed by atoms with Crippen LogP contribution < -0.4 is 0 Å². The zero-order valence-electron chi connectivity index (χ0n) is 11.4. The lowest BCUT2D eigenvalue weighted by Crippen LogP contribution is -2.03. The number of hydrogen-bond donors (Lipinski definition) is 0. The highest BCUT2D eigenvalue weighted by Gasteiger charge is 2.15. The number of rotatable bonds is 4. The maximum absolute atomic E-state index is 13.5. The Hall–Kier alpha value is -1.68. The van der Waals surface area contributed by atoms with Gasteiger partial charge in [-0.05, 0) is 48.6 Å². The van der Waals surface area contributed by atoms with Crippen LogP contribution >= 0.6 is 11.8 Å². The Kier molecular flexibility index (Phi) is 4.06. The summed E-state index contributed by atoms with van der Waals surface area (Å²) in [6.07, 6.45) is 3.25. The van der Waals surface area contributed by atoms with Gasteiger partial charge in [-0.25, -0.2) is 8.78 Å². The predicted molar refractivity (Wildman–Crippen MR) is 79.9 cm³/mol. The van der Waals surface area contributed by atoms with Crippen LogP contribution in [-0.4, -0.2) is 11.5 Å². The fraction of sp³-hybridized carbons (Fsp3) is 0.235. The molecule has 108 valence electrons. The number of thioether (sulfide) groups is 1. The van der Waals surface area contributed by atoms with Crippen molar-refractivity contribution >= 4 is 17.5 Å². The van der Waals surface area contributed by atoms with Crippen molar-refractivity contribution in [2.24, 2.45) is 0 Å². The van der Waals surface area contributed by atoms with Gasteiger partial charge in [-0.2, -0.15) is 0 Å². The van der Waals surface area contributed by atoms with Gasteiger partial charge in [0.1, 0.15) is 11.6 Å². The largest absolute Gasteiger partial charge is 0.293 e. The summed E-state index contributed by atoms with van der Waals surface area (Å²) in [5, 5.41) is 0. The molecule has 4 heteroatoms. The number of ketones is 1. The molecule has 2 aromatic carbocycles. The number of aryl methyl sites for hydroxylation is 2. The van der Waals surface area contributed by atoms with E-state index in [0.29, 0.717) is 10.5 Å². The van der Waals surface area contributed by atoms with Gasteiger partial charge in [0.15, 0.2) is 5.78 Å². The summed E-state index contributed by atoms with van der Waals surface area (Å²) in [6.45, 7) is 0. The normalized spacial score (nSPS) is 13.2. The van der Waals surface area contributed by atoms with Crippen LogP contribution in [-0.2, 0) is 12.8 Å². The van der Waals surface area contributed by atoms with E-state index in [1.165, 1.54) is 23.3 Å². The topological polar surface area (TPSA) is 17.1 Å². The average molecular weight is 304 g/mol. The summed E-state index contributed by atoms with van der Waals surface area (Å²) in [5.74, 6) is -1.11. The molecule has 0 bridgehead atoms. The molecule has 1 aliphatic carbocycles. The fourth-order valence-electron chi connectivity index (χ4n) is 2.56. The van der Waals surface area contributed by atoms with E-state index in [1.807, 2.05) is 18.2 Å². The van der Waals surface area contributed by atoms with Gasteiger partial charge in [-0.3, -0.25) is 4.79 Å². The van der Waals surface area contributed by atoms with Gasteiger partial charge in [-0.1, -0.05) is 12.1 Å². The van der Waals surface area contributed by atoms with Crippen molar-refractivity contribution in [1.29, 1.82) is 0 Å². The standard InChI is InChI=1S/C17H14F2OS/c18-14-6-7-17(15(19)9-14)21-10-16(20)13-5-4-11-2-1-3-12(11)8-13/h4-9H,1-3,10H2. The smallest absolute Gasteiger partial charge is 0.173 e. The van der Waals surface area contributed by atoms with E-state index in [4.69, 9.17) is 0 Å². The Bertz CT molecular complexity index is 697. The Morgan fingerprint density at radius 1 is 1.05 bits per heavy atom. The van der Waals surface area contributed by atoms with Crippen LogP contribution in [0.4, 0.5) is 8.78 Å². The maximum Gasteiger partial charge on any atom is 0.173 e. The van der Waals surface area contributed by atoms with Gasteiger partial charge < -0.3 is 0 Å². The molecule has 0 aromatic heterocycles. The van der Waals surface area contributed by atoms with Crippen LogP contribution in [0.2, 0.25) is 0 Å². The second kappa shape index (κ2) is 5.98. The molecule has 3 rings (SSSR count). The van der Waals surface area contributed by atoms with Crippen LogP contribution in [0.25, 0.3) is 0 Å². The van der Waals surface area contributed by atoms with Crippen molar-refractivity contribution in [3.63, 3.8) is 0 Å². The highest BCUT2D eigenvalue weighted by atomic mass is 32.2. The second-order valence-corrected chi connectivity index (χ2v) is 6.14. The first-order valence-corrected chi connectivity index (χ1v) is 7.85. The van der Waals surface area contributed by atoms with Crippen LogP contribution in [0.5, 0.6) is 0 Å². The van der Waals surface area contributed by atoms with Crippen molar-refractivity contribution in [3.05, 3.63) is 64.7 Å². The fourth-order valence-corrected chi connectivity index (χ4v) is 3.38. The first kappa shape index (κ1) is 14.3. The lowest BCUT2D eigenvalue weighted by atomic mass is 10.0. The van der Waals surface area contributed by atoms with Gasteiger partial charge in [0, 0.05) is 16.5 Å². The number of benzene rings is 2. The molecule has 0 spiro atoms. The van der Waals surface area contributed by atoms with Crippen molar-refractivity contribution in [3.8, 4) is 0 Å². The molecule has 0 saturated carbocycles. The summed E-state index contributed by atoms with van der Waals surface area (Å²) in [4.78, 5) is 12.5. The van der Waals surface area contributed by atoms with E-state index in [0.717, 1.165) is 37.1 Å². The molecule has 0 unspecified atom stereocenters. The maximum atomic E-state index is 13.5. The summed E-state index contributed by atoms with van der Waals surface area (Å²) >= 11 is 1.10. The van der Waals surface area contributed by atoms with E-state index in [-0.39, 0.29) is 11.5 Å². The van der Waals surface area contributed by atoms with Gasteiger partial charge in [0.2, 0.25) is 0 Å². The van der Waals surface area contributed by atoms with Crippen LogP contribution in [0.15, 0.2) is 41.3 Å². The zero-order valence-corrected chi connectivity index (χ0v) is 12.2. The predicted octanol–water partition coefficient (Wildman–Crippen LogP) is 4.43. The van der Waals surface area contributed by atoms with Crippen LogP contribution in [0.3, 0.4) is 0 Å². The molecule has 0 radical (unpaired) electrons. The molecule has 21 heavy (non-hydrogen) atoms. The Morgan fingerprint density at radius 3 is 2.67 bits per heavy atom. The van der Waals surface area contributed by atoms with Crippen LogP contribution in [0.1, 0.15) is 27.9 Å². The molecular formula is C17H14F2OS. The monoisotopic (exact) mass is 304 g/mol. The van der Waals surface area contributed by atoms with E-state index in [1.54, 1.807) is 0 Å². The summed E-state index contributed by atoms with van der Waals surface area (Å²) in [5.41, 5.74) is 3.24. The number of Topliss-reactive ketones (excluding diaryl/α,β-unsaturated/α-hetero) is 1. The molecule has 0 heterocycles. The van der Waals surface area contributed by atoms with Gasteiger partial charge in [0.25, 0.3) is 0 Å². The van der Waals surface area contributed by atoms with E-state index < -0.39 is 11.6 Å². The minimum atomic E-state index is -0.623. The Balaban J connectivity index is 1.69. The third kappa shape index (κ3) is 3.16. The number of carbonyl (C=O) groups is 1. The molecule has 0 amide bonds. The number of fused-ring (bicyclic) bond motifs is 1. The van der Waals surface area contributed by atoms with Gasteiger partial charge in [-0.15, -0.1) is 11.8 Å². The number of halogens is 2. The van der Waals surface area contributed by atoms with Crippen LogP contribution in [0, 0.1) is 11.6 Å². The SMILES string of the molecule is O=C(CSc1ccc(F)cc1F)c1ccc2c(c1)CCC2. The van der Waals surface area contributed by atoms with E-state index in [2.05, 4.69) is 0 Å². The minimum absolute atomic E-state index is 0.0292. The number of carbonyl (C=O) groups excluding carboxylic acids is 1. The van der Waals surface area contributed by atoms with Crippen molar-refractivity contribution in [1.82, 2.24) is 0 Å². The first-order chi connectivity index (χ1) is 10.1. The lowest BCUT2D eigenvalue weighted by Gasteiger charge is -2.05. The summed E-state index contributed by atoms with van der Waals surface area (Å²) < 4.78 is 26.3.